The van der Waals surface area contributed by atoms with E-state index >= 15 is 0 Å². The molecule has 2 atom stereocenters. The van der Waals surface area contributed by atoms with Gasteiger partial charge < -0.3 is 19.9 Å². The fraction of sp³-hybridized carbons (Fsp3) is 0.429. The topological polar surface area (TPSA) is 85.1 Å². The number of carbonyl (C=O) groups is 1. The zero-order valence-electron chi connectivity index (χ0n) is 21.2. The van der Waals surface area contributed by atoms with Gasteiger partial charge in [0.1, 0.15) is 5.60 Å². The molecule has 2 aliphatic carbocycles. The monoisotopic (exact) mass is 518 g/mol. The average molecular weight is 519 g/mol. The predicted molar refractivity (Wildman–Crippen MR) is 145 cm³/mol. The number of carbonyl (C=O) groups excluding carboxylic acids is 1. The number of aliphatic imine (C=N–C) groups is 1. The summed E-state index contributed by atoms with van der Waals surface area (Å²) in [5, 5.41) is 9.82. The van der Waals surface area contributed by atoms with E-state index < -0.39 is 0 Å². The third-order valence-electron chi connectivity index (χ3n) is 7.91. The van der Waals surface area contributed by atoms with E-state index in [0.717, 1.165) is 40.8 Å². The Bertz CT molecular complexity index is 1310. The number of aromatic nitrogens is 1. The van der Waals surface area contributed by atoms with E-state index in [1.807, 2.05) is 48.2 Å². The molecule has 2 fully saturated rings. The lowest BCUT2D eigenvalue weighted by atomic mass is 9.90. The van der Waals surface area contributed by atoms with Crippen molar-refractivity contribution < 1.29 is 9.53 Å². The van der Waals surface area contributed by atoms with Gasteiger partial charge >= 0.3 is 6.09 Å². The van der Waals surface area contributed by atoms with Crippen LogP contribution in [-0.4, -0.2) is 89.2 Å². The number of piperazine rings is 1. The van der Waals surface area contributed by atoms with Crippen molar-refractivity contribution in [2.24, 2.45) is 4.99 Å². The zero-order chi connectivity index (χ0) is 25.7. The van der Waals surface area contributed by atoms with Gasteiger partial charge in [-0.3, -0.25) is 14.9 Å². The van der Waals surface area contributed by atoms with E-state index in [0.29, 0.717) is 43.5 Å². The molecule has 1 unspecified atom stereocenters. The second-order valence-corrected chi connectivity index (χ2v) is 11.0. The molecule has 192 valence electrons. The van der Waals surface area contributed by atoms with Crippen LogP contribution in [-0.2, 0) is 4.74 Å². The minimum Gasteiger partial charge on any atom is -0.443 e. The lowest BCUT2D eigenvalue weighted by Crippen LogP contribution is -2.50. The van der Waals surface area contributed by atoms with E-state index in [1.54, 1.807) is 6.34 Å². The molecule has 9 heteroatoms. The molecular weight excluding hydrogens is 488 g/mol. The molecule has 3 heterocycles. The van der Waals surface area contributed by atoms with E-state index in [-0.39, 0.29) is 23.8 Å². The van der Waals surface area contributed by atoms with Crippen molar-refractivity contribution in [1.29, 1.82) is 5.41 Å². The van der Waals surface area contributed by atoms with E-state index in [1.165, 1.54) is 0 Å². The van der Waals surface area contributed by atoms with Crippen molar-refractivity contribution in [3.8, 4) is 0 Å². The number of amides is 1. The Labute approximate surface area is 222 Å². The first-order valence-electron chi connectivity index (χ1n) is 12.8. The molecule has 2 aliphatic heterocycles. The summed E-state index contributed by atoms with van der Waals surface area (Å²) in [6.45, 7) is 5.13. The summed E-state index contributed by atoms with van der Waals surface area (Å²) < 4.78 is 5.71. The van der Waals surface area contributed by atoms with Gasteiger partial charge in [0.25, 0.3) is 0 Å². The fourth-order valence-corrected chi connectivity index (χ4v) is 5.60. The van der Waals surface area contributed by atoms with Gasteiger partial charge in [-0.1, -0.05) is 23.7 Å². The van der Waals surface area contributed by atoms with Gasteiger partial charge in [0.15, 0.2) is 0 Å². The molecule has 1 N–H and O–H groups in total. The van der Waals surface area contributed by atoms with Crippen LogP contribution in [0, 0.1) is 5.41 Å². The maximum absolute atomic E-state index is 12.7. The summed E-state index contributed by atoms with van der Waals surface area (Å²) in [4.78, 5) is 28.1. The summed E-state index contributed by atoms with van der Waals surface area (Å²) in [5.74, 6) is 0. The van der Waals surface area contributed by atoms with E-state index in [4.69, 9.17) is 21.3 Å². The Morgan fingerprint density at radius 2 is 1.97 bits per heavy atom. The summed E-state index contributed by atoms with van der Waals surface area (Å²) >= 11 is 6.52. The number of nitrogens with zero attached hydrogens (tertiary/aromatic N) is 5. The Hall–Kier alpha value is -3.23. The molecule has 6 rings (SSSR count). The van der Waals surface area contributed by atoms with Crippen molar-refractivity contribution >= 4 is 41.4 Å². The van der Waals surface area contributed by atoms with Crippen molar-refractivity contribution in [2.45, 2.75) is 37.5 Å². The highest BCUT2D eigenvalue weighted by Gasteiger charge is 2.43. The third kappa shape index (κ3) is 4.53. The van der Waals surface area contributed by atoms with Crippen LogP contribution in [0.25, 0.3) is 11.6 Å². The van der Waals surface area contributed by atoms with Gasteiger partial charge in [0, 0.05) is 50.0 Å². The highest BCUT2D eigenvalue weighted by molar-refractivity contribution is 6.33. The quantitative estimate of drug-likeness (QED) is 0.608. The molecule has 1 aromatic heterocycles. The number of hydrogen-bond acceptors (Lipinski definition) is 7. The minimum absolute atomic E-state index is 0.123. The highest BCUT2D eigenvalue weighted by Crippen LogP contribution is 2.42. The fourth-order valence-electron chi connectivity index (χ4n) is 5.43. The van der Waals surface area contributed by atoms with Crippen LogP contribution in [0.3, 0.4) is 0 Å². The van der Waals surface area contributed by atoms with Crippen molar-refractivity contribution in [2.75, 3.05) is 39.8 Å². The lowest BCUT2D eigenvalue weighted by Gasteiger charge is -2.39. The van der Waals surface area contributed by atoms with Crippen molar-refractivity contribution in [1.82, 2.24) is 19.7 Å². The number of benzene rings is 1. The molecular formula is C28H31ClN6O2. The molecule has 0 radical (unpaired) electrons. The summed E-state index contributed by atoms with van der Waals surface area (Å²) in [6, 6.07) is 9.70. The molecule has 0 spiro atoms. The Morgan fingerprint density at radius 3 is 2.68 bits per heavy atom. The second-order valence-electron chi connectivity index (χ2n) is 10.6. The number of likely N-dealkylation sites (N-methyl/N-ethyl adjacent to an activating group) is 1. The average Bonchev–Trinajstić information content (AvgIpc) is 3.50. The summed E-state index contributed by atoms with van der Waals surface area (Å²) in [7, 11) is 1.96. The predicted octanol–water partition coefficient (Wildman–Crippen LogP) is 4.35. The number of ether oxygens (including phenoxy) is 1. The number of pyridine rings is 1. The molecule has 1 saturated carbocycles. The first-order valence-corrected chi connectivity index (χ1v) is 13.2. The molecule has 0 bridgehead atoms. The third-order valence-corrected chi connectivity index (χ3v) is 8.15. The van der Waals surface area contributed by atoms with Crippen LogP contribution in [0.5, 0.6) is 0 Å². The smallest absolute Gasteiger partial charge is 0.410 e. The highest BCUT2D eigenvalue weighted by atomic mass is 35.5. The molecule has 4 aliphatic rings. The largest absolute Gasteiger partial charge is 0.443 e. The van der Waals surface area contributed by atoms with Crippen molar-refractivity contribution in [3.63, 3.8) is 0 Å². The van der Waals surface area contributed by atoms with Gasteiger partial charge in [0.05, 0.1) is 36.4 Å². The number of rotatable bonds is 4. The standard InChI is InChI=1S/C28H31ClN6O2/c1-28(7-8-28)37-27(36)35-12-10-34(11-13-35)26-20-6-5-19(29)15-21(20)22(14-18-4-3-9-32-25(18)26)24(30)23-16-31-17-33(23)2/h3-6,9,14-15,17,23,26,30H,7-8,10-13,16H2,1-2H3/t23?,26-/m0/s1. The number of fused-ring (bicyclic) bond motifs is 2. The SMILES string of the molecule is CN1C=NCC1C(=N)C1=Cc2cccnc2[C@@H](N2CCN(C(=O)OC3(C)CC3)CC2)c2ccc(Cl)cc21. The summed E-state index contributed by atoms with van der Waals surface area (Å²) in [6.07, 6.45) is 7.36. The minimum atomic E-state index is -0.276. The van der Waals surface area contributed by atoms with Crippen LogP contribution in [0.4, 0.5) is 4.79 Å². The van der Waals surface area contributed by atoms with Crippen LogP contribution in [0.1, 0.15) is 48.2 Å². The van der Waals surface area contributed by atoms with Gasteiger partial charge in [-0.2, -0.15) is 0 Å². The molecule has 8 nitrogen and oxygen atoms in total. The molecule has 1 saturated heterocycles. The number of nitrogens with one attached hydrogen (secondary N) is 1. The number of hydrogen-bond donors (Lipinski definition) is 1. The van der Waals surface area contributed by atoms with Crippen molar-refractivity contribution in [3.05, 3.63) is 63.9 Å². The normalized spacial score (nSPS) is 24.1. The first-order chi connectivity index (χ1) is 17.8. The van der Waals surface area contributed by atoms with E-state index in [2.05, 4.69) is 28.1 Å². The maximum atomic E-state index is 12.7. The summed E-state index contributed by atoms with van der Waals surface area (Å²) in [5.41, 5.74) is 5.04. The van der Waals surface area contributed by atoms with Crippen LogP contribution in [0.2, 0.25) is 5.02 Å². The lowest BCUT2D eigenvalue weighted by molar-refractivity contribution is 0.0380. The Kier molecular flexibility index (Phi) is 6.04. The Balaban J connectivity index is 1.35. The van der Waals surface area contributed by atoms with E-state index in [9.17, 15) is 10.2 Å². The maximum Gasteiger partial charge on any atom is 0.410 e. The molecule has 37 heavy (non-hydrogen) atoms. The number of halogens is 1. The molecule has 1 amide bonds. The first kappa shape index (κ1) is 24.1. The van der Waals surface area contributed by atoms with Crippen LogP contribution >= 0.6 is 11.6 Å². The molecule has 2 aromatic rings. The van der Waals surface area contributed by atoms with Gasteiger partial charge in [0.2, 0.25) is 0 Å². The van der Waals surface area contributed by atoms with Gasteiger partial charge in [-0.25, -0.2) is 4.79 Å². The van der Waals surface area contributed by atoms with Gasteiger partial charge in [-0.05, 0) is 60.7 Å². The van der Waals surface area contributed by atoms with Gasteiger partial charge in [-0.15, -0.1) is 0 Å². The van der Waals surface area contributed by atoms with Crippen LogP contribution in [0.15, 0.2) is 41.5 Å². The zero-order valence-corrected chi connectivity index (χ0v) is 21.9. The molecule has 1 aromatic carbocycles. The second kappa shape index (κ2) is 9.26. The Morgan fingerprint density at radius 1 is 1.19 bits per heavy atom. The van der Waals surface area contributed by atoms with Crippen LogP contribution < -0.4 is 0 Å².